The van der Waals surface area contributed by atoms with Crippen molar-refractivity contribution in [1.29, 1.82) is 0 Å². The van der Waals surface area contributed by atoms with E-state index in [0.717, 1.165) is 18.2 Å². The predicted octanol–water partition coefficient (Wildman–Crippen LogP) is 4.85. The Balaban J connectivity index is 1.74. The third-order valence-corrected chi connectivity index (χ3v) is 7.31. The van der Waals surface area contributed by atoms with E-state index in [2.05, 4.69) is 24.6 Å². The fourth-order valence-corrected chi connectivity index (χ4v) is 4.18. The molecule has 0 fully saturated rings. The van der Waals surface area contributed by atoms with Gasteiger partial charge in [0.2, 0.25) is 0 Å². The van der Waals surface area contributed by atoms with Gasteiger partial charge in [-0.3, -0.25) is 9.78 Å². The van der Waals surface area contributed by atoms with Crippen LogP contribution in [0.5, 0.6) is 5.75 Å². The van der Waals surface area contributed by atoms with Gasteiger partial charge in [-0.15, -0.1) is 0 Å². The summed E-state index contributed by atoms with van der Waals surface area (Å²) in [6, 6.07) is 6.44. The maximum absolute atomic E-state index is 14.5. The Hall–Kier alpha value is -2.16. The van der Waals surface area contributed by atoms with Crippen molar-refractivity contribution in [2.45, 2.75) is 45.5 Å². The molecule has 1 aromatic heterocycles. The summed E-state index contributed by atoms with van der Waals surface area (Å²) in [5.74, 6) is -2.33. The molecule has 0 aliphatic heterocycles. The minimum atomic E-state index is -1.25. The van der Waals surface area contributed by atoms with E-state index in [-0.39, 0.29) is 24.7 Å². The van der Waals surface area contributed by atoms with Crippen LogP contribution in [0.25, 0.3) is 11.3 Å². The molecule has 168 valence electrons. The minimum absolute atomic E-state index is 0.162. The number of nitrogens with zero attached hydrogens (tertiary/aromatic N) is 1. The van der Waals surface area contributed by atoms with Crippen LogP contribution < -0.4 is 4.74 Å². The zero-order chi connectivity index (χ0) is 22.8. The maximum Gasteiger partial charge on any atom is 0.193 e. The third-order valence-electron chi connectivity index (χ3n) is 5.61. The Kier molecular flexibility index (Phi) is 6.93. The second-order valence-electron chi connectivity index (χ2n) is 9.49. The Bertz CT molecular complexity index is 954. The minimum Gasteiger partial charge on any atom is -0.461 e. The molecular weight excluding hydrogens is 420 g/mol. The lowest BCUT2D eigenvalue weighted by Crippen LogP contribution is -2.36. The third kappa shape index (κ3) is 5.37. The second kappa shape index (κ2) is 9.14. The first kappa shape index (κ1) is 23.5. The van der Waals surface area contributed by atoms with Crippen LogP contribution in [0.15, 0.2) is 24.3 Å². The van der Waals surface area contributed by atoms with Gasteiger partial charge >= 0.3 is 0 Å². The van der Waals surface area contributed by atoms with Gasteiger partial charge in [0.15, 0.2) is 30.0 Å². The number of hydrogen-bond donors (Lipinski definition) is 1. The summed E-state index contributed by atoms with van der Waals surface area (Å²) < 4.78 is 39.6. The van der Waals surface area contributed by atoms with Crippen molar-refractivity contribution in [3.8, 4) is 17.0 Å². The monoisotopic (exact) mass is 449 g/mol. The number of aromatic nitrogens is 1. The van der Waals surface area contributed by atoms with Crippen LogP contribution in [-0.4, -0.2) is 44.0 Å². The van der Waals surface area contributed by atoms with Crippen LogP contribution in [0.2, 0.25) is 25.7 Å². The van der Waals surface area contributed by atoms with Crippen molar-refractivity contribution < 1.29 is 28.2 Å². The van der Waals surface area contributed by atoms with Crippen LogP contribution >= 0.6 is 0 Å². The number of aliphatic hydroxyl groups is 1. The average molecular weight is 450 g/mol. The molecule has 0 amide bonds. The van der Waals surface area contributed by atoms with E-state index in [1.165, 1.54) is 0 Å². The molecule has 0 saturated heterocycles. The highest BCUT2D eigenvalue weighted by molar-refractivity contribution is 6.76. The fraction of sp³-hybridized carbons (Fsp3) is 0.478. The summed E-state index contributed by atoms with van der Waals surface area (Å²) in [4.78, 5) is 17.1. The molecule has 1 heterocycles. The van der Waals surface area contributed by atoms with Gasteiger partial charge in [-0.1, -0.05) is 26.6 Å². The normalized spacial score (nSPS) is 18.7. The van der Waals surface area contributed by atoms with Crippen LogP contribution in [0.3, 0.4) is 0 Å². The van der Waals surface area contributed by atoms with Crippen LogP contribution in [0.4, 0.5) is 8.78 Å². The van der Waals surface area contributed by atoms with E-state index < -0.39 is 30.9 Å². The molecular formula is C23H29F2NO4Si. The standard InChI is InChI=1S/C23H29F2NO4Si/c1-23(13-27)8-7-20-16(22(23)28)5-6-19(26-20)15-11-17(24)21(18(25)12-15)30-14-29-9-10-31(2,3)4/h5-6,11-12,27H,7-10,13-14H2,1-4H3. The highest BCUT2D eigenvalue weighted by Crippen LogP contribution is 2.36. The number of carbonyl (C=O) groups is 1. The largest absolute Gasteiger partial charge is 0.461 e. The Labute approximate surface area is 182 Å². The van der Waals surface area contributed by atoms with E-state index in [4.69, 9.17) is 9.47 Å². The molecule has 1 atom stereocenters. The first-order chi connectivity index (χ1) is 14.5. The number of aryl methyl sites for hydroxylation is 1. The number of hydrogen-bond acceptors (Lipinski definition) is 5. The zero-order valence-corrected chi connectivity index (χ0v) is 19.4. The van der Waals surface area contributed by atoms with Crippen LogP contribution in [0, 0.1) is 17.0 Å². The van der Waals surface area contributed by atoms with Gasteiger partial charge in [0.1, 0.15) is 0 Å². The molecule has 3 rings (SSSR count). The van der Waals surface area contributed by atoms with Gasteiger partial charge in [0, 0.05) is 25.8 Å². The number of fused-ring (bicyclic) bond motifs is 1. The summed E-state index contributed by atoms with van der Waals surface area (Å²) in [6.45, 7) is 8.41. The SMILES string of the molecule is CC1(CO)CCc2nc(-c3cc(F)c(OCOCC[Si](C)(C)C)c(F)c3)ccc2C1=O. The Morgan fingerprint density at radius 3 is 2.48 bits per heavy atom. The van der Waals surface area contributed by atoms with E-state index in [0.29, 0.717) is 36.4 Å². The van der Waals surface area contributed by atoms with Gasteiger partial charge in [0.25, 0.3) is 0 Å². The molecule has 1 aliphatic carbocycles. The van der Waals surface area contributed by atoms with Gasteiger partial charge in [-0.2, -0.15) is 0 Å². The lowest BCUT2D eigenvalue weighted by molar-refractivity contribution is 0.0173. The number of halogens is 2. The molecule has 0 radical (unpaired) electrons. The highest BCUT2D eigenvalue weighted by Gasteiger charge is 2.38. The number of benzene rings is 1. The van der Waals surface area contributed by atoms with Crippen molar-refractivity contribution >= 4 is 13.9 Å². The molecule has 1 N–H and O–H groups in total. The molecule has 1 unspecified atom stereocenters. The second-order valence-corrected chi connectivity index (χ2v) is 15.1. The van der Waals surface area contributed by atoms with Crippen molar-refractivity contribution in [2.24, 2.45) is 5.41 Å². The average Bonchev–Trinajstić information content (AvgIpc) is 2.71. The van der Waals surface area contributed by atoms with Crippen molar-refractivity contribution in [1.82, 2.24) is 4.98 Å². The zero-order valence-electron chi connectivity index (χ0n) is 18.4. The fourth-order valence-electron chi connectivity index (χ4n) is 3.43. The number of rotatable bonds is 8. The number of aliphatic hydroxyl groups excluding tert-OH is 1. The van der Waals surface area contributed by atoms with Crippen LogP contribution in [-0.2, 0) is 11.2 Å². The van der Waals surface area contributed by atoms with Gasteiger partial charge in [-0.25, -0.2) is 8.78 Å². The molecule has 5 nitrogen and oxygen atoms in total. The molecule has 1 aromatic carbocycles. The van der Waals surface area contributed by atoms with Gasteiger partial charge in [0.05, 0.1) is 23.4 Å². The molecule has 0 spiro atoms. The summed E-state index contributed by atoms with van der Waals surface area (Å²) in [5, 5.41) is 9.55. The molecule has 1 aliphatic rings. The van der Waals surface area contributed by atoms with Crippen LogP contribution in [0.1, 0.15) is 29.4 Å². The predicted molar refractivity (Wildman–Crippen MR) is 117 cm³/mol. The summed E-state index contributed by atoms with van der Waals surface area (Å²) in [6.07, 6.45) is 0.978. The van der Waals surface area contributed by atoms with E-state index >= 15 is 0 Å². The highest BCUT2D eigenvalue weighted by atomic mass is 28.3. The first-order valence-corrected chi connectivity index (χ1v) is 14.1. The lowest BCUT2D eigenvalue weighted by atomic mass is 9.74. The number of pyridine rings is 1. The van der Waals surface area contributed by atoms with Gasteiger partial charge < -0.3 is 14.6 Å². The number of ether oxygens (including phenoxy) is 2. The summed E-state index contributed by atoms with van der Waals surface area (Å²) in [7, 11) is -1.25. The van der Waals surface area contributed by atoms with Crippen molar-refractivity contribution in [3.05, 3.63) is 47.2 Å². The molecule has 31 heavy (non-hydrogen) atoms. The molecule has 2 aromatic rings. The van der Waals surface area contributed by atoms with E-state index in [1.54, 1.807) is 19.1 Å². The quantitative estimate of drug-likeness (QED) is 0.355. The Morgan fingerprint density at radius 2 is 1.87 bits per heavy atom. The van der Waals surface area contributed by atoms with E-state index in [9.17, 15) is 18.7 Å². The number of carbonyl (C=O) groups excluding carboxylic acids is 1. The number of ketones is 1. The molecule has 0 bridgehead atoms. The molecule has 8 heteroatoms. The summed E-state index contributed by atoms with van der Waals surface area (Å²) >= 11 is 0. The smallest absolute Gasteiger partial charge is 0.193 e. The topological polar surface area (TPSA) is 68.7 Å². The maximum atomic E-state index is 14.5. The first-order valence-electron chi connectivity index (χ1n) is 10.4. The van der Waals surface area contributed by atoms with Gasteiger partial charge in [-0.05, 0) is 43.2 Å². The molecule has 0 saturated carbocycles. The van der Waals surface area contributed by atoms with E-state index in [1.807, 2.05) is 0 Å². The number of Topliss-reactive ketones (excluding diaryl/α,β-unsaturated/α-hetero) is 1. The Morgan fingerprint density at radius 1 is 1.19 bits per heavy atom. The lowest BCUT2D eigenvalue weighted by Gasteiger charge is -2.31. The van der Waals surface area contributed by atoms with Crippen molar-refractivity contribution in [3.63, 3.8) is 0 Å². The van der Waals surface area contributed by atoms with Crippen molar-refractivity contribution in [2.75, 3.05) is 20.0 Å². The summed E-state index contributed by atoms with van der Waals surface area (Å²) in [5.41, 5.74) is 0.834.